The maximum atomic E-state index is 4.17. The van der Waals surface area contributed by atoms with E-state index >= 15 is 0 Å². The lowest BCUT2D eigenvalue weighted by Crippen LogP contribution is -2.11. The van der Waals surface area contributed by atoms with E-state index in [1.165, 1.54) is 36.8 Å². The molecule has 0 fully saturated rings. The van der Waals surface area contributed by atoms with Gasteiger partial charge in [-0.05, 0) is 42.5 Å². The summed E-state index contributed by atoms with van der Waals surface area (Å²) in [6.07, 6.45) is 8.70. The highest BCUT2D eigenvalue weighted by Crippen LogP contribution is 2.31. The first-order valence-corrected chi connectivity index (χ1v) is 6.68. The van der Waals surface area contributed by atoms with Gasteiger partial charge in [0.1, 0.15) is 0 Å². The van der Waals surface area contributed by atoms with E-state index < -0.39 is 0 Å². The van der Waals surface area contributed by atoms with E-state index in [2.05, 4.69) is 40.6 Å². The van der Waals surface area contributed by atoms with Crippen LogP contribution in [0.25, 0.3) is 0 Å². The average Bonchev–Trinajstić information content (AvgIpc) is 2.63. The summed E-state index contributed by atoms with van der Waals surface area (Å²) in [7, 11) is 0. The van der Waals surface area contributed by atoms with Gasteiger partial charge in [-0.2, -0.15) is 0 Å². The Morgan fingerprint density at radius 2 is 2.00 bits per heavy atom. The molecule has 1 unspecified atom stereocenters. The van der Waals surface area contributed by atoms with E-state index in [1.54, 1.807) is 0 Å². The lowest BCUT2D eigenvalue weighted by Gasteiger charge is -2.20. The van der Waals surface area contributed by atoms with Crippen molar-refractivity contribution in [1.29, 1.82) is 0 Å². The lowest BCUT2D eigenvalue weighted by molar-refractivity contribution is 0.644. The molecule has 18 heavy (non-hydrogen) atoms. The number of fused-ring (bicyclic) bond motifs is 1. The number of hydrogen-bond acceptors (Lipinski definition) is 2. The summed E-state index contributed by atoms with van der Waals surface area (Å²) in [5, 5.41) is 3.61. The SMILES string of the molecule is c1cncc(NC2CCCCc3ccccc32)c1. The molecule has 2 heteroatoms. The van der Waals surface area contributed by atoms with Crippen molar-refractivity contribution in [3.05, 3.63) is 59.9 Å². The predicted octanol–water partition coefficient (Wildman–Crippen LogP) is 3.96. The van der Waals surface area contributed by atoms with Crippen LogP contribution in [0.4, 0.5) is 5.69 Å². The maximum Gasteiger partial charge on any atom is 0.0531 e. The summed E-state index contributed by atoms with van der Waals surface area (Å²) in [6, 6.07) is 13.3. The van der Waals surface area contributed by atoms with Crippen LogP contribution in [0.15, 0.2) is 48.8 Å². The van der Waals surface area contributed by atoms with Gasteiger partial charge < -0.3 is 5.32 Å². The van der Waals surface area contributed by atoms with Crippen LogP contribution in [0, 0.1) is 0 Å². The third-order valence-electron chi connectivity index (χ3n) is 3.62. The zero-order valence-corrected chi connectivity index (χ0v) is 10.5. The van der Waals surface area contributed by atoms with E-state index in [0.717, 1.165) is 5.69 Å². The van der Waals surface area contributed by atoms with Crippen LogP contribution in [0.1, 0.15) is 36.4 Å². The minimum atomic E-state index is 0.424. The Bertz CT molecular complexity index is 508. The zero-order valence-electron chi connectivity index (χ0n) is 10.5. The lowest BCUT2D eigenvalue weighted by atomic mass is 9.99. The largest absolute Gasteiger partial charge is 0.377 e. The van der Waals surface area contributed by atoms with Gasteiger partial charge in [-0.15, -0.1) is 0 Å². The number of aromatic nitrogens is 1. The Balaban J connectivity index is 1.88. The molecule has 0 saturated heterocycles. The molecular weight excluding hydrogens is 220 g/mol. The molecule has 2 nitrogen and oxygen atoms in total. The standard InChI is InChI=1S/C16H18N2/c1-3-9-15-13(6-1)7-2-4-10-16(15)18-14-8-5-11-17-12-14/h1,3,5-6,8-9,11-12,16,18H,2,4,7,10H2. The molecule has 1 heterocycles. The molecule has 1 N–H and O–H groups in total. The van der Waals surface area contributed by atoms with Crippen molar-refractivity contribution in [3.63, 3.8) is 0 Å². The highest BCUT2D eigenvalue weighted by Gasteiger charge is 2.17. The van der Waals surface area contributed by atoms with Gasteiger partial charge in [-0.3, -0.25) is 4.98 Å². The topological polar surface area (TPSA) is 24.9 Å². The van der Waals surface area contributed by atoms with Gasteiger partial charge in [0.15, 0.2) is 0 Å². The third-order valence-corrected chi connectivity index (χ3v) is 3.62. The maximum absolute atomic E-state index is 4.17. The molecule has 1 aromatic heterocycles. The van der Waals surface area contributed by atoms with Crippen LogP contribution in [0.2, 0.25) is 0 Å². The van der Waals surface area contributed by atoms with E-state index in [-0.39, 0.29) is 0 Å². The summed E-state index contributed by atoms with van der Waals surface area (Å²) in [5.74, 6) is 0. The molecule has 1 aliphatic rings. The molecule has 1 aromatic carbocycles. The quantitative estimate of drug-likeness (QED) is 0.801. The fraction of sp³-hybridized carbons (Fsp3) is 0.312. The van der Waals surface area contributed by atoms with E-state index in [4.69, 9.17) is 0 Å². The monoisotopic (exact) mass is 238 g/mol. The first-order valence-electron chi connectivity index (χ1n) is 6.68. The van der Waals surface area contributed by atoms with Gasteiger partial charge in [0, 0.05) is 12.4 Å². The number of pyridine rings is 1. The van der Waals surface area contributed by atoms with Crippen LogP contribution < -0.4 is 5.32 Å². The summed E-state index contributed by atoms with van der Waals surface area (Å²) in [4.78, 5) is 4.17. The molecule has 0 saturated carbocycles. The summed E-state index contributed by atoms with van der Waals surface area (Å²) in [6.45, 7) is 0. The smallest absolute Gasteiger partial charge is 0.0531 e. The molecule has 1 aliphatic carbocycles. The van der Waals surface area contributed by atoms with Crippen molar-refractivity contribution < 1.29 is 0 Å². The number of rotatable bonds is 2. The van der Waals surface area contributed by atoms with Crippen molar-refractivity contribution in [2.24, 2.45) is 0 Å². The van der Waals surface area contributed by atoms with E-state index in [0.29, 0.717) is 6.04 Å². The van der Waals surface area contributed by atoms with Crippen LogP contribution >= 0.6 is 0 Å². The Labute approximate surface area is 108 Å². The number of aryl methyl sites for hydroxylation is 1. The number of anilines is 1. The first kappa shape index (κ1) is 11.3. The molecule has 3 rings (SSSR count). The van der Waals surface area contributed by atoms with Gasteiger partial charge in [0.2, 0.25) is 0 Å². The van der Waals surface area contributed by atoms with Crippen molar-refractivity contribution >= 4 is 5.69 Å². The van der Waals surface area contributed by atoms with E-state index in [1.807, 2.05) is 18.5 Å². The minimum absolute atomic E-state index is 0.424. The van der Waals surface area contributed by atoms with Gasteiger partial charge in [0.05, 0.1) is 11.7 Å². The van der Waals surface area contributed by atoms with Crippen LogP contribution in [-0.2, 0) is 6.42 Å². The fourth-order valence-corrected chi connectivity index (χ4v) is 2.72. The molecule has 0 aliphatic heterocycles. The number of hydrogen-bond donors (Lipinski definition) is 1. The Hall–Kier alpha value is -1.83. The molecule has 1 atom stereocenters. The molecule has 0 radical (unpaired) electrons. The molecule has 92 valence electrons. The molecular formula is C16H18N2. The van der Waals surface area contributed by atoms with Gasteiger partial charge in [-0.25, -0.2) is 0 Å². The summed E-state index contributed by atoms with van der Waals surface area (Å²) in [5.41, 5.74) is 4.06. The highest BCUT2D eigenvalue weighted by atomic mass is 14.9. The fourth-order valence-electron chi connectivity index (χ4n) is 2.72. The number of benzene rings is 1. The summed E-state index contributed by atoms with van der Waals surface area (Å²) < 4.78 is 0. The Kier molecular flexibility index (Phi) is 3.26. The summed E-state index contributed by atoms with van der Waals surface area (Å²) >= 11 is 0. The van der Waals surface area contributed by atoms with Gasteiger partial charge in [0.25, 0.3) is 0 Å². The molecule has 0 spiro atoms. The Morgan fingerprint density at radius 3 is 2.89 bits per heavy atom. The van der Waals surface area contributed by atoms with Crippen molar-refractivity contribution in [2.45, 2.75) is 31.7 Å². The van der Waals surface area contributed by atoms with Crippen LogP contribution in [0.3, 0.4) is 0 Å². The predicted molar refractivity (Wildman–Crippen MR) is 74.6 cm³/mol. The van der Waals surface area contributed by atoms with Gasteiger partial charge >= 0.3 is 0 Å². The van der Waals surface area contributed by atoms with Crippen LogP contribution in [-0.4, -0.2) is 4.98 Å². The highest BCUT2D eigenvalue weighted by molar-refractivity contribution is 5.44. The van der Waals surface area contributed by atoms with Crippen molar-refractivity contribution in [3.8, 4) is 0 Å². The molecule has 0 amide bonds. The normalized spacial score (nSPS) is 18.8. The van der Waals surface area contributed by atoms with Crippen molar-refractivity contribution in [2.75, 3.05) is 5.32 Å². The van der Waals surface area contributed by atoms with E-state index in [9.17, 15) is 0 Å². The number of nitrogens with one attached hydrogen (secondary N) is 1. The third kappa shape index (κ3) is 2.37. The number of nitrogens with zero attached hydrogens (tertiary/aromatic N) is 1. The molecule has 0 bridgehead atoms. The molecule has 2 aromatic rings. The second kappa shape index (κ2) is 5.21. The first-order chi connectivity index (χ1) is 8.93. The van der Waals surface area contributed by atoms with Crippen molar-refractivity contribution in [1.82, 2.24) is 4.98 Å². The zero-order chi connectivity index (χ0) is 12.2. The van der Waals surface area contributed by atoms with Crippen LogP contribution in [0.5, 0.6) is 0 Å². The Morgan fingerprint density at radius 1 is 1.06 bits per heavy atom. The minimum Gasteiger partial charge on any atom is -0.377 e. The average molecular weight is 238 g/mol. The second-order valence-corrected chi connectivity index (χ2v) is 4.88. The second-order valence-electron chi connectivity index (χ2n) is 4.88. The van der Waals surface area contributed by atoms with Gasteiger partial charge in [-0.1, -0.05) is 30.7 Å².